The summed E-state index contributed by atoms with van der Waals surface area (Å²) in [5.74, 6) is 0. The largest absolute Gasteiger partial charge is 0.312 e. The fraction of sp³-hybridized carbons (Fsp3) is 1.00. The summed E-state index contributed by atoms with van der Waals surface area (Å²) in [6, 6.07) is 0.112. The van der Waals surface area contributed by atoms with Crippen molar-refractivity contribution in [3.8, 4) is 0 Å². The van der Waals surface area contributed by atoms with Gasteiger partial charge in [-0.2, -0.15) is 4.31 Å². The van der Waals surface area contributed by atoms with Gasteiger partial charge in [0.25, 0.3) is 0 Å². The van der Waals surface area contributed by atoms with Crippen LogP contribution in [-0.2, 0) is 19.9 Å². The molecule has 2 atom stereocenters. The van der Waals surface area contributed by atoms with Crippen molar-refractivity contribution in [3.63, 3.8) is 0 Å². The van der Waals surface area contributed by atoms with Crippen LogP contribution >= 0.6 is 0 Å². The SMILES string of the molecule is CS(=O)(=O)CS(=O)(=O)N1CCCC1C1CCCN1. The second-order valence-corrected chi connectivity index (χ2v) is 9.61. The molecule has 2 fully saturated rings. The molecule has 0 radical (unpaired) electrons. The van der Waals surface area contributed by atoms with Gasteiger partial charge < -0.3 is 5.32 Å². The molecule has 18 heavy (non-hydrogen) atoms. The minimum Gasteiger partial charge on any atom is -0.312 e. The quantitative estimate of drug-likeness (QED) is 0.758. The molecule has 2 aliphatic heterocycles. The minimum absolute atomic E-state index is 0.0701. The van der Waals surface area contributed by atoms with E-state index in [0.29, 0.717) is 6.54 Å². The van der Waals surface area contributed by atoms with Crippen molar-refractivity contribution in [2.24, 2.45) is 0 Å². The molecule has 2 heterocycles. The maximum Gasteiger partial charge on any atom is 0.228 e. The molecule has 0 saturated carbocycles. The fourth-order valence-corrected chi connectivity index (χ4v) is 6.67. The van der Waals surface area contributed by atoms with Gasteiger partial charge in [-0.25, -0.2) is 16.8 Å². The van der Waals surface area contributed by atoms with Gasteiger partial charge in [0.2, 0.25) is 10.0 Å². The van der Waals surface area contributed by atoms with Crippen molar-refractivity contribution >= 4 is 19.9 Å². The second kappa shape index (κ2) is 5.07. The van der Waals surface area contributed by atoms with Crippen LogP contribution in [0.1, 0.15) is 25.7 Å². The molecule has 106 valence electrons. The summed E-state index contributed by atoms with van der Waals surface area (Å²) in [6.07, 6.45) is 4.62. The zero-order valence-corrected chi connectivity index (χ0v) is 12.1. The Hall–Kier alpha value is -0.180. The molecular weight excluding hydrogens is 276 g/mol. The van der Waals surface area contributed by atoms with E-state index >= 15 is 0 Å². The first-order valence-electron chi connectivity index (χ1n) is 6.20. The lowest BCUT2D eigenvalue weighted by Crippen LogP contribution is -2.47. The maximum atomic E-state index is 12.1. The Labute approximate surface area is 109 Å². The van der Waals surface area contributed by atoms with Crippen LogP contribution in [0.3, 0.4) is 0 Å². The molecule has 0 bridgehead atoms. The Morgan fingerprint density at radius 3 is 2.44 bits per heavy atom. The second-order valence-electron chi connectivity index (χ2n) is 5.18. The van der Waals surface area contributed by atoms with Gasteiger partial charge >= 0.3 is 0 Å². The molecule has 6 nitrogen and oxygen atoms in total. The standard InChI is InChI=1S/C10H20N2O4S2/c1-17(13,14)8-18(15,16)12-7-3-5-10(12)9-4-2-6-11-9/h9-11H,2-8H2,1H3. The van der Waals surface area contributed by atoms with Crippen molar-refractivity contribution < 1.29 is 16.8 Å². The Kier molecular flexibility index (Phi) is 4.01. The highest BCUT2D eigenvalue weighted by Crippen LogP contribution is 2.27. The average Bonchev–Trinajstić information content (AvgIpc) is 2.85. The summed E-state index contributed by atoms with van der Waals surface area (Å²) in [5.41, 5.74) is 0. The summed E-state index contributed by atoms with van der Waals surface area (Å²) in [5, 5.41) is 2.53. The van der Waals surface area contributed by atoms with Gasteiger partial charge in [-0.1, -0.05) is 0 Å². The molecule has 2 rings (SSSR count). The third-order valence-corrected chi connectivity index (χ3v) is 7.60. The summed E-state index contributed by atoms with van der Waals surface area (Å²) in [4.78, 5) is 0. The zero-order chi connectivity index (χ0) is 13.4. The monoisotopic (exact) mass is 296 g/mol. The van der Waals surface area contributed by atoms with E-state index in [1.165, 1.54) is 4.31 Å². The fourth-order valence-electron chi connectivity index (χ4n) is 2.89. The number of nitrogens with zero attached hydrogens (tertiary/aromatic N) is 1. The molecule has 2 aliphatic rings. The lowest BCUT2D eigenvalue weighted by Gasteiger charge is -2.28. The number of sulfonamides is 1. The lowest BCUT2D eigenvalue weighted by atomic mass is 10.1. The molecule has 2 saturated heterocycles. The number of nitrogens with one attached hydrogen (secondary N) is 1. The van der Waals surface area contributed by atoms with Crippen molar-refractivity contribution in [1.29, 1.82) is 0 Å². The van der Waals surface area contributed by atoms with Crippen molar-refractivity contribution in [1.82, 2.24) is 9.62 Å². The highest BCUT2D eigenvalue weighted by atomic mass is 32.3. The molecule has 0 amide bonds. The molecule has 2 unspecified atom stereocenters. The summed E-state index contributed by atoms with van der Waals surface area (Å²) >= 11 is 0. The Morgan fingerprint density at radius 1 is 1.17 bits per heavy atom. The first-order chi connectivity index (χ1) is 8.30. The Balaban J connectivity index is 2.15. The van der Waals surface area contributed by atoms with Gasteiger partial charge in [0.15, 0.2) is 14.9 Å². The molecule has 0 aromatic rings. The van der Waals surface area contributed by atoms with Crippen LogP contribution < -0.4 is 5.32 Å². The third-order valence-electron chi connectivity index (χ3n) is 3.53. The normalized spacial score (nSPS) is 30.9. The van der Waals surface area contributed by atoms with Crippen LogP contribution in [0, 0.1) is 0 Å². The van der Waals surface area contributed by atoms with E-state index in [-0.39, 0.29) is 12.1 Å². The van der Waals surface area contributed by atoms with Crippen LogP contribution in [0.4, 0.5) is 0 Å². The zero-order valence-electron chi connectivity index (χ0n) is 10.5. The highest BCUT2D eigenvalue weighted by molar-refractivity contribution is 8.06. The molecule has 8 heteroatoms. The summed E-state index contributed by atoms with van der Waals surface area (Å²) in [7, 11) is -7.22. The third kappa shape index (κ3) is 3.23. The van der Waals surface area contributed by atoms with Gasteiger partial charge in [0, 0.05) is 24.9 Å². The smallest absolute Gasteiger partial charge is 0.228 e. The molecule has 1 N–H and O–H groups in total. The molecular formula is C10H20N2O4S2. The van der Waals surface area contributed by atoms with E-state index in [1.807, 2.05) is 0 Å². The number of hydrogen-bond acceptors (Lipinski definition) is 5. The average molecular weight is 296 g/mol. The van der Waals surface area contributed by atoms with Crippen LogP contribution in [-0.4, -0.2) is 57.7 Å². The molecule has 0 aromatic carbocycles. The predicted molar refractivity (Wildman–Crippen MR) is 69.4 cm³/mol. The van der Waals surface area contributed by atoms with Gasteiger partial charge in [0.05, 0.1) is 0 Å². The van der Waals surface area contributed by atoms with Crippen LogP contribution in [0.2, 0.25) is 0 Å². The molecule has 0 aromatic heterocycles. The van der Waals surface area contributed by atoms with Crippen LogP contribution in [0.25, 0.3) is 0 Å². The lowest BCUT2D eigenvalue weighted by molar-refractivity contribution is 0.323. The number of hydrogen-bond donors (Lipinski definition) is 1. The van der Waals surface area contributed by atoms with Gasteiger partial charge in [0.1, 0.15) is 0 Å². The van der Waals surface area contributed by atoms with Gasteiger partial charge in [-0.15, -0.1) is 0 Å². The Bertz CT molecular complexity index is 494. The molecule has 0 spiro atoms. The van der Waals surface area contributed by atoms with E-state index in [2.05, 4.69) is 5.32 Å². The van der Waals surface area contributed by atoms with E-state index in [1.54, 1.807) is 0 Å². The topological polar surface area (TPSA) is 83.5 Å². The van der Waals surface area contributed by atoms with E-state index in [0.717, 1.165) is 38.5 Å². The van der Waals surface area contributed by atoms with Crippen LogP contribution in [0.5, 0.6) is 0 Å². The minimum atomic E-state index is -3.70. The van der Waals surface area contributed by atoms with Gasteiger partial charge in [-0.3, -0.25) is 0 Å². The van der Waals surface area contributed by atoms with Crippen molar-refractivity contribution in [2.45, 2.75) is 37.8 Å². The predicted octanol–water partition coefficient (Wildman–Crippen LogP) is -0.465. The first-order valence-corrected chi connectivity index (χ1v) is 9.87. The van der Waals surface area contributed by atoms with Crippen LogP contribution in [0.15, 0.2) is 0 Å². The van der Waals surface area contributed by atoms with Gasteiger partial charge in [-0.05, 0) is 32.2 Å². The van der Waals surface area contributed by atoms with E-state index in [9.17, 15) is 16.8 Å². The van der Waals surface area contributed by atoms with E-state index < -0.39 is 24.9 Å². The number of sulfone groups is 1. The van der Waals surface area contributed by atoms with E-state index in [4.69, 9.17) is 0 Å². The summed E-state index contributed by atoms with van der Waals surface area (Å²) < 4.78 is 48.1. The maximum absolute atomic E-state index is 12.1. The van der Waals surface area contributed by atoms with Crippen molar-refractivity contribution in [3.05, 3.63) is 0 Å². The van der Waals surface area contributed by atoms with Crippen molar-refractivity contribution in [2.75, 3.05) is 24.4 Å². The molecule has 0 aliphatic carbocycles. The number of rotatable bonds is 4. The highest BCUT2D eigenvalue weighted by Gasteiger charge is 2.40. The summed E-state index contributed by atoms with van der Waals surface area (Å²) in [6.45, 7) is 1.36. The Morgan fingerprint density at radius 2 is 1.89 bits per heavy atom. The first kappa shape index (κ1) is 14.2.